The van der Waals surface area contributed by atoms with Gasteiger partial charge in [0.05, 0.1) is 5.54 Å². The fourth-order valence-corrected chi connectivity index (χ4v) is 5.71. The molecule has 1 aliphatic heterocycles. The molecule has 1 unspecified atom stereocenters. The second-order valence-electron chi connectivity index (χ2n) is 6.72. The lowest BCUT2D eigenvalue weighted by atomic mass is 9.92. The smallest absolute Gasteiger partial charge is 0.155 e. The predicted molar refractivity (Wildman–Crippen MR) is 103 cm³/mol. The van der Waals surface area contributed by atoms with E-state index in [2.05, 4.69) is 41.3 Å². The van der Waals surface area contributed by atoms with Crippen LogP contribution in [0.4, 0.5) is 0 Å². The Balaban J connectivity index is 1.68. The van der Waals surface area contributed by atoms with E-state index in [0.717, 1.165) is 22.7 Å². The van der Waals surface area contributed by atoms with E-state index in [4.69, 9.17) is 10.7 Å². The van der Waals surface area contributed by atoms with Crippen LogP contribution in [0.3, 0.4) is 0 Å². The highest BCUT2D eigenvalue weighted by molar-refractivity contribution is 8.15. The Labute approximate surface area is 150 Å². The number of hydrogen-bond donors (Lipinski definition) is 1. The van der Waals surface area contributed by atoms with E-state index in [1.807, 2.05) is 13.1 Å². The third-order valence-electron chi connectivity index (χ3n) is 4.62. The highest BCUT2D eigenvalue weighted by Gasteiger charge is 2.52. The molecule has 0 aromatic carbocycles. The van der Waals surface area contributed by atoms with Crippen molar-refractivity contribution in [3.05, 3.63) is 40.3 Å². The number of amidine groups is 1. The molecule has 2 N–H and O–H groups in total. The molecule has 0 bridgehead atoms. The van der Waals surface area contributed by atoms with Crippen LogP contribution in [0, 0.1) is 11.8 Å². The maximum absolute atomic E-state index is 6.13. The lowest BCUT2D eigenvalue weighted by molar-refractivity contribution is 0.447. The van der Waals surface area contributed by atoms with Crippen LogP contribution in [0.15, 0.2) is 34.9 Å². The van der Waals surface area contributed by atoms with Crippen LogP contribution in [-0.4, -0.2) is 14.9 Å². The van der Waals surface area contributed by atoms with Crippen molar-refractivity contribution in [3.63, 3.8) is 0 Å². The molecule has 1 saturated carbocycles. The van der Waals surface area contributed by atoms with Crippen molar-refractivity contribution in [1.82, 2.24) is 4.98 Å². The number of hydrogen-bond acceptors (Lipinski definition) is 5. The predicted octanol–water partition coefficient (Wildman–Crippen LogP) is 4.38. The third kappa shape index (κ3) is 2.85. The van der Waals surface area contributed by atoms with Crippen molar-refractivity contribution in [3.8, 4) is 23.0 Å². The molecule has 1 spiro atoms. The Kier molecular flexibility index (Phi) is 3.70. The molecule has 2 aromatic heterocycles. The summed E-state index contributed by atoms with van der Waals surface area (Å²) in [6, 6.07) is 4.34. The topological polar surface area (TPSA) is 51.3 Å². The number of pyridine rings is 1. The standard InChI is InChI=1S/C19H19N3S2/c1-3-4-13-7-14(10-21-9-13)15-8-16(23-11-15)18(2)12-19(5-6-19)24-17(20)22-18/h7-11H,5-6,12H2,1-2H3,(H2,20,22). The number of nitrogens with two attached hydrogens (primary N) is 1. The molecule has 0 saturated heterocycles. The average molecular weight is 354 g/mol. The Morgan fingerprint density at radius 1 is 1.21 bits per heavy atom. The van der Waals surface area contributed by atoms with Crippen LogP contribution in [0.25, 0.3) is 11.1 Å². The second-order valence-corrected chi connectivity index (χ2v) is 9.12. The van der Waals surface area contributed by atoms with E-state index in [9.17, 15) is 0 Å². The zero-order valence-corrected chi connectivity index (χ0v) is 15.4. The molecule has 0 radical (unpaired) electrons. The summed E-state index contributed by atoms with van der Waals surface area (Å²) < 4.78 is 0.336. The molecule has 1 atom stereocenters. The van der Waals surface area contributed by atoms with Gasteiger partial charge in [-0.3, -0.25) is 9.98 Å². The lowest BCUT2D eigenvalue weighted by Crippen LogP contribution is -2.33. The van der Waals surface area contributed by atoms with Crippen molar-refractivity contribution in [2.24, 2.45) is 10.7 Å². The van der Waals surface area contributed by atoms with Crippen molar-refractivity contribution in [2.45, 2.75) is 43.4 Å². The van der Waals surface area contributed by atoms with Gasteiger partial charge >= 0.3 is 0 Å². The fourth-order valence-electron chi connectivity index (χ4n) is 3.33. The van der Waals surface area contributed by atoms with E-state index in [0.29, 0.717) is 4.75 Å². The summed E-state index contributed by atoms with van der Waals surface area (Å²) in [5, 5.41) is 2.92. The minimum absolute atomic E-state index is 0.205. The first-order chi connectivity index (χ1) is 11.5. The van der Waals surface area contributed by atoms with Crippen LogP contribution < -0.4 is 5.73 Å². The molecule has 3 nitrogen and oxygen atoms in total. The largest absolute Gasteiger partial charge is 0.378 e. The number of thiophene rings is 1. The summed E-state index contributed by atoms with van der Waals surface area (Å²) in [5.41, 5.74) is 9.15. The fraction of sp³-hybridized carbons (Fsp3) is 0.368. The quantitative estimate of drug-likeness (QED) is 0.815. The molecule has 122 valence electrons. The van der Waals surface area contributed by atoms with Gasteiger partial charge in [0.1, 0.15) is 0 Å². The second kappa shape index (κ2) is 5.65. The zero-order valence-electron chi connectivity index (χ0n) is 13.8. The lowest BCUT2D eigenvalue weighted by Gasteiger charge is -2.33. The summed E-state index contributed by atoms with van der Waals surface area (Å²) in [5.74, 6) is 5.99. The van der Waals surface area contributed by atoms with E-state index < -0.39 is 0 Å². The molecule has 2 aromatic rings. The van der Waals surface area contributed by atoms with Gasteiger partial charge in [0.25, 0.3) is 0 Å². The first-order valence-electron chi connectivity index (χ1n) is 8.04. The average Bonchev–Trinajstić information content (AvgIpc) is 3.08. The highest BCUT2D eigenvalue weighted by atomic mass is 32.2. The van der Waals surface area contributed by atoms with Gasteiger partial charge < -0.3 is 5.73 Å². The summed E-state index contributed by atoms with van der Waals surface area (Å²) >= 11 is 3.53. The Bertz CT molecular complexity index is 883. The molecule has 1 aliphatic carbocycles. The van der Waals surface area contributed by atoms with E-state index in [1.165, 1.54) is 23.3 Å². The molecule has 3 heterocycles. The van der Waals surface area contributed by atoms with Gasteiger partial charge in [0.2, 0.25) is 0 Å². The Morgan fingerprint density at radius 3 is 2.79 bits per heavy atom. The van der Waals surface area contributed by atoms with Crippen molar-refractivity contribution < 1.29 is 0 Å². The van der Waals surface area contributed by atoms with Crippen molar-refractivity contribution in [1.29, 1.82) is 0 Å². The first kappa shape index (κ1) is 15.7. The maximum atomic E-state index is 6.13. The molecule has 4 rings (SSSR count). The number of rotatable bonds is 2. The first-order valence-corrected chi connectivity index (χ1v) is 9.73. The monoisotopic (exact) mass is 353 g/mol. The number of aromatic nitrogens is 1. The van der Waals surface area contributed by atoms with Gasteiger partial charge in [-0.05, 0) is 56.2 Å². The van der Waals surface area contributed by atoms with Gasteiger partial charge in [-0.2, -0.15) is 0 Å². The van der Waals surface area contributed by atoms with Crippen molar-refractivity contribution >= 4 is 28.3 Å². The van der Waals surface area contributed by atoms with E-state index in [1.54, 1.807) is 29.3 Å². The number of aliphatic imine (C=N–C) groups is 1. The van der Waals surface area contributed by atoms with Gasteiger partial charge in [-0.15, -0.1) is 17.3 Å². The molecular formula is C19H19N3S2. The van der Waals surface area contributed by atoms with Crippen LogP contribution in [-0.2, 0) is 5.54 Å². The van der Waals surface area contributed by atoms with Gasteiger partial charge in [0.15, 0.2) is 5.17 Å². The molecule has 5 heteroatoms. The zero-order chi connectivity index (χ0) is 16.8. The summed E-state index contributed by atoms with van der Waals surface area (Å²) in [4.78, 5) is 10.4. The SMILES string of the molecule is CC#Cc1cncc(-c2csc(C3(C)CC4(CC4)SC(N)=N3)c2)c1. The Hall–Kier alpha value is -1.77. The molecule has 24 heavy (non-hydrogen) atoms. The Morgan fingerprint density at radius 2 is 2.04 bits per heavy atom. The maximum Gasteiger partial charge on any atom is 0.155 e. The highest BCUT2D eigenvalue weighted by Crippen LogP contribution is 2.59. The number of nitrogens with zero attached hydrogens (tertiary/aromatic N) is 2. The van der Waals surface area contributed by atoms with Gasteiger partial charge in [-0.25, -0.2) is 0 Å². The molecule has 2 aliphatic rings. The van der Waals surface area contributed by atoms with Crippen LogP contribution in [0.1, 0.15) is 43.6 Å². The van der Waals surface area contributed by atoms with E-state index in [-0.39, 0.29) is 5.54 Å². The minimum Gasteiger partial charge on any atom is -0.378 e. The third-order valence-corrected chi connectivity index (χ3v) is 7.09. The number of thioether (sulfide) groups is 1. The minimum atomic E-state index is -0.205. The summed E-state index contributed by atoms with van der Waals surface area (Å²) in [6.45, 7) is 4.06. The van der Waals surface area contributed by atoms with Gasteiger partial charge in [-0.1, -0.05) is 17.7 Å². The van der Waals surface area contributed by atoms with Crippen LogP contribution >= 0.6 is 23.1 Å². The van der Waals surface area contributed by atoms with Crippen molar-refractivity contribution in [2.75, 3.05) is 0 Å². The molecular weight excluding hydrogens is 334 g/mol. The van der Waals surface area contributed by atoms with Gasteiger partial charge in [0, 0.05) is 33.1 Å². The van der Waals surface area contributed by atoms with Crippen LogP contribution in [0.5, 0.6) is 0 Å². The summed E-state index contributed by atoms with van der Waals surface area (Å²) in [6.07, 6.45) is 7.28. The summed E-state index contributed by atoms with van der Waals surface area (Å²) in [7, 11) is 0. The van der Waals surface area contributed by atoms with Crippen LogP contribution in [0.2, 0.25) is 0 Å². The molecule has 1 fully saturated rings. The van der Waals surface area contributed by atoms with E-state index >= 15 is 0 Å². The normalized spacial score (nSPS) is 24.2. The molecule has 0 amide bonds.